The van der Waals surface area contributed by atoms with Gasteiger partial charge in [-0.3, -0.25) is 0 Å². The third kappa shape index (κ3) is 1.67. The topological polar surface area (TPSA) is 26.0 Å². The zero-order valence-electron chi connectivity index (χ0n) is 9.50. The summed E-state index contributed by atoms with van der Waals surface area (Å²) >= 11 is 0. The van der Waals surface area contributed by atoms with Gasteiger partial charge >= 0.3 is 0 Å². The maximum Gasteiger partial charge on any atom is 0.123 e. The molecule has 1 unspecified atom stereocenters. The number of halogens is 1. The van der Waals surface area contributed by atoms with Crippen molar-refractivity contribution in [3.05, 3.63) is 35.6 Å². The van der Waals surface area contributed by atoms with Crippen LogP contribution in [0.2, 0.25) is 0 Å². The second-order valence-electron chi connectivity index (χ2n) is 5.21. The van der Waals surface area contributed by atoms with Gasteiger partial charge in [-0.15, -0.1) is 0 Å². The zero-order valence-corrected chi connectivity index (χ0v) is 9.50. The second-order valence-corrected chi connectivity index (χ2v) is 5.21. The predicted octanol–water partition coefficient (Wildman–Crippen LogP) is 2.91. The standard InChI is InChI=1S/C13H18FN/c1-8(11-12(15)13(11,2)3)9-4-6-10(14)7-5-9/h4-8,11-12H,15H2,1-3H3/t8?,11-,12-/m0/s1. The Morgan fingerprint density at radius 2 is 1.73 bits per heavy atom. The molecule has 1 aliphatic carbocycles. The predicted molar refractivity (Wildman–Crippen MR) is 60.1 cm³/mol. The minimum absolute atomic E-state index is 0.176. The van der Waals surface area contributed by atoms with Crippen molar-refractivity contribution >= 4 is 0 Å². The maximum atomic E-state index is 12.8. The fourth-order valence-electron chi connectivity index (χ4n) is 2.65. The van der Waals surface area contributed by atoms with E-state index in [2.05, 4.69) is 20.8 Å². The van der Waals surface area contributed by atoms with E-state index in [1.165, 1.54) is 17.7 Å². The molecule has 1 aromatic rings. The van der Waals surface area contributed by atoms with Crippen LogP contribution in [-0.2, 0) is 0 Å². The Balaban J connectivity index is 2.16. The Bertz CT molecular complexity index is 355. The SMILES string of the molecule is CC(c1ccc(F)cc1)[C@H]1[C@H](N)C1(C)C. The van der Waals surface area contributed by atoms with Gasteiger partial charge in [0.1, 0.15) is 5.82 Å². The minimum Gasteiger partial charge on any atom is -0.327 e. The van der Waals surface area contributed by atoms with Gasteiger partial charge in [-0.25, -0.2) is 4.39 Å². The maximum absolute atomic E-state index is 12.8. The molecule has 0 radical (unpaired) electrons. The lowest BCUT2D eigenvalue weighted by atomic mass is 9.92. The van der Waals surface area contributed by atoms with Crippen molar-refractivity contribution in [2.45, 2.75) is 32.7 Å². The van der Waals surface area contributed by atoms with Crippen LogP contribution in [0.5, 0.6) is 0 Å². The van der Waals surface area contributed by atoms with E-state index in [4.69, 9.17) is 5.73 Å². The quantitative estimate of drug-likeness (QED) is 0.792. The molecule has 0 aromatic heterocycles. The van der Waals surface area contributed by atoms with Gasteiger partial charge in [-0.1, -0.05) is 32.9 Å². The molecule has 1 aromatic carbocycles. The molecule has 82 valence electrons. The summed E-state index contributed by atoms with van der Waals surface area (Å²) in [5.41, 5.74) is 7.45. The average Bonchev–Trinajstić information content (AvgIpc) is 2.66. The molecule has 2 N–H and O–H groups in total. The van der Waals surface area contributed by atoms with Crippen LogP contribution < -0.4 is 5.73 Å². The van der Waals surface area contributed by atoms with Crippen molar-refractivity contribution in [1.29, 1.82) is 0 Å². The van der Waals surface area contributed by atoms with Crippen molar-refractivity contribution in [2.75, 3.05) is 0 Å². The van der Waals surface area contributed by atoms with Crippen LogP contribution in [-0.4, -0.2) is 6.04 Å². The summed E-state index contributed by atoms with van der Waals surface area (Å²) < 4.78 is 12.8. The highest BCUT2D eigenvalue weighted by atomic mass is 19.1. The van der Waals surface area contributed by atoms with Crippen LogP contribution in [0.25, 0.3) is 0 Å². The molecule has 1 saturated carbocycles. The monoisotopic (exact) mass is 207 g/mol. The molecule has 1 aliphatic rings. The van der Waals surface area contributed by atoms with E-state index in [9.17, 15) is 4.39 Å². The molecule has 15 heavy (non-hydrogen) atoms. The highest BCUT2D eigenvalue weighted by molar-refractivity contribution is 5.26. The third-order valence-electron chi connectivity index (χ3n) is 3.93. The normalized spacial score (nSPS) is 29.9. The van der Waals surface area contributed by atoms with Gasteiger partial charge in [0, 0.05) is 6.04 Å². The highest BCUT2D eigenvalue weighted by Crippen LogP contribution is 2.57. The molecule has 0 spiro atoms. The van der Waals surface area contributed by atoms with Crippen molar-refractivity contribution in [3.8, 4) is 0 Å². The fraction of sp³-hybridized carbons (Fsp3) is 0.538. The van der Waals surface area contributed by atoms with Gasteiger partial charge in [0.15, 0.2) is 0 Å². The van der Waals surface area contributed by atoms with Crippen molar-refractivity contribution < 1.29 is 4.39 Å². The Labute approximate surface area is 90.5 Å². The molecule has 0 aliphatic heterocycles. The molecular formula is C13H18FN. The first-order valence-corrected chi connectivity index (χ1v) is 5.45. The largest absolute Gasteiger partial charge is 0.327 e. The van der Waals surface area contributed by atoms with Gasteiger partial charge in [0.2, 0.25) is 0 Å². The van der Waals surface area contributed by atoms with Gasteiger partial charge in [-0.05, 0) is 34.9 Å². The summed E-state index contributed by atoms with van der Waals surface area (Å²) in [6, 6.07) is 7.04. The van der Waals surface area contributed by atoms with Gasteiger partial charge in [0.05, 0.1) is 0 Å². The van der Waals surface area contributed by atoms with Crippen molar-refractivity contribution in [1.82, 2.24) is 0 Å². The first-order valence-electron chi connectivity index (χ1n) is 5.45. The zero-order chi connectivity index (χ0) is 11.2. The van der Waals surface area contributed by atoms with Gasteiger partial charge in [-0.2, -0.15) is 0 Å². The van der Waals surface area contributed by atoms with Gasteiger partial charge in [0.25, 0.3) is 0 Å². The molecule has 1 nitrogen and oxygen atoms in total. The molecule has 0 bridgehead atoms. The van der Waals surface area contributed by atoms with Crippen LogP contribution >= 0.6 is 0 Å². The average molecular weight is 207 g/mol. The van der Waals surface area contributed by atoms with E-state index < -0.39 is 0 Å². The van der Waals surface area contributed by atoms with Gasteiger partial charge < -0.3 is 5.73 Å². The highest BCUT2D eigenvalue weighted by Gasteiger charge is 2.57. The summed E-state index contributed by atoms with van der Waals surface area (Å²) in [7, 11) is 0. The van der Waals surface area contributed by atoms with E-state index in [1.807, 2.05) is 12.1 Å². The van der Waals surface area contributed by atoms with E-state index in [1.54, 1.807) is 0 Å². The van der Waals surface area contributed by atoms with Crippen LogP contribution in [0.1, 0.15) is 32.3 Å². The number of hydrogen-bond donors (Lipinski definition) is 1. The minimum atomic E-state index is -0.176. The summed E-state index contributed by atoms with van der Waals surface area (Å²) in [6.45, 7) is 6.57. The van der Waals surface area contributed by atoms with E-state index >= 15 is 0 Å². The molecule has 2 heteroatoms. The lowest BCUT2D eigenvalue weighted by Gasteiger charge is -2.13. The number of benzene rings is 1. The smallest absolute Gasteiger partial charge is 0.123 e. The van der Waals surface area contributed by atoms with Crippen LogP contribution in [0.15, 0.2) is 24.3 Å². The van der Waals surface area contributed by atoms with Crippen LogP contribution in [0.3, 0.4) is 0 Å². The lowest BCUT2D eigenvalue weighted by molar-refractivity contribution is 0.502. The fourth-order valence-corrected chi connectivity index (χ4v) is 2.65. The Hall–Kier alpha value is -0.890. The first kappa shape index (κ1) is 10.6. The summed E-state index contributed by atoms with van der Waals surface area (Å²) in [4.78, 5) is 0. The summed E-state index contributed by atoms with van der Waals surface area (Å²) in [6.07, 6.45) is 0. The molecule has 0 saturated heterocycles. The first-order chi connectivity index (χ1) is 6.94. The second kappa shape index (κ2) is 3.31. The molecule has 0 heterocycles. The summed E-state index contributed by atoms with van der Waals surface area (Å²) in [5, 5.41) is 0. The van der Waals surface area contributed by atoms with Crippen molar-refractivity contribution in [2.24, 2.45) is 17.1 Å². The van der Waals surface area contributed by atoms with Crippen LogP contribution in [0.4, 0.5) is 4.39 Å². The number of nitrogens with two attached hydrogens (primary N) is 1. The lowest BCUT2D eigenvalue weighted by Crippen LogP contribution is -2.08. The van der Waals surface area contributed by atoms with E-state index in [-0.39, 0.29) is 17.3 Å². The molecular weight excluding hydrogens is 189 g/mol. The van der Waals surface area contributed by atoms with Crippen molar-refractivity contribution in [3.63, 3.8) is 0 Å². The number of rotatable bonds is 2. The number of hydrogen-bond acceptors (Lipinski definition) is 1. The molecule has 1 fully saturated rings. The Kier molecular flexibility index (Phi) is 2.34. The molecule has 2 rings (SSSR count). The third-order valence-corrected chi connectivity index (χ3v) is 3.93. The molecule has 0 amide bonds. The summed E-state index contributed by atoms with van der Waals surface area (Å²) in [5.74, 6) is 0.754. The van der Waals surface area contributed by atoms with E-state index in [0.29, 0.717) is 11.8 Å². The Morgan fingerprint density at radius 3 is 2.13 bits per heavy atom. The van der Waals surface area contributed by atoms with Crippen LogP contribution in [0, 0.1) is 17.2 Å². The molecule has 3 atom stereocenters. The Morgan fingerprint density at radius 1 is 1.27 bits per heavy atom. The van der Waals surface area contributed by atoms with E-state index in [0.717, 1.165) is 0 Å².